The van der Waals surface area contributed by atoms with Crippen molar-refractivity contribution in [2.45, 2.75) is 19.9 Å². The predicted molar refractivity (Wildman–Crippen MR) is 68.7 cm³/mol. The molecule has 0 fully saturated rings. The van der Waals surface area contributed by atoms with Crippen LogP contribution in [0.2, 0.25) is 0 Å². The van der Waals surface area contributed by atoms with Gasteiger partial charge in [-0.3, -0.25) is 0 Å². The molecule has 1 rings (SSSR count). The van der Waals surface area contributed by atoms with E-state index in [4.69, 9.17) is 10.9 Å². The van der Waals surface area contributed by atoms with E-state index in [2.05, 4.69) is 22.3 Å². The zero-order chi connectivity index (χ0) is 13.4. The molecule has 0 spiro atoms. The van der Waals surface area contributed by atoms with Crippen LogP contribution in [-0.2, 0) is 6.54 Å². The molecule has 0 saturated carbocycles. The summed E-state index contributed by atoms with van der Waals surface area (Å²) in [7, 11) is 0. The van der Waals surface area contributed by atoms with Crippen molar-refractivity contribution in [2.75, 3.05) is 6.54 Å². The molecule has 0 aliphatic carbocycles. The Hall–Kier alpha value is -2.06. The quantitative estimate of drug-likeness (QED) is 0.185. The number of nitrogens with two attached hydrogens (primary N) is 1. The molecule has 0 radical (unpaired) electrons. The van der Waals surface area contributed by atoms with Crippen molar-refractivity contribution in [2.24, 2.45) is 10.9 Å². The van der Waals surface area contributed by atoms with Crippen molar-refractivity contribution in [3.8, 4) is 11.8 Å². The van der Waals surface area contributed by atoms with Gasteiger partial charge in [-0.15, -0.1) is 11.8 Å². The van der Waals surface area contributed by atoms with E-state index in [1.807, 2.05) is 0 Å². The third kappa shape index (κ3) is 4.07. The van der Waals surface area contributed by atoms with Crippen LogP contribution in [0.25, 0.3) is 0 Å². The minimum Gasteiger partial charge on any atom is -0.409 e. The molecule has 4 N–H and O–H groups in total. The molecule has 0 atom stereocenters. The fourth-order valence-corrected chi connectivity index (χ4v) is 1.49. The van der Waals surface area contributed by atoms with Crippen molar-refractivity contribution in [1.82, 2.24) is 5.32 Å². The molecule has 0 saturated heterocycles. The summed E-state index contributed by atoms with van der Waals surface area (Å²) in [6, 6.07) is 4.20. The van der Waals surface area contributed by atoms with Gasteiger partial charge in [0.1, 0.15) is 5.82 Å². The van der Waals surface area contributed by atoms with Gasteiger partial charge < -0.3 is 16.3 Å². The maximum absolute atomic E-state index is 13.1. The second-order valence-corrected chi connectivity index (χ2v) is 3.64. The Kier molecular flexibility index (Phi) is 5.68. The summed E-state index contributed by atoms with van der Waals surface area (Å²) < 4.78 is 13.1. The van der Waals surface area contributed by atoms with E-state index in [9.17, 15) is 4.39 Å². The number of nitrogens with zero attached hydrogens (tertiary/aromatic N) is 1. The molecule has 0 aliphatic rings. The number of nitrogens with one attached hydrogen (secondary N) is 1. The van der Waals surface area contributed by atoms with Crippen molar-refractivity contribution in [3.05, 3.63) is 35.1 Å². The Morgan fingerprint density at radius 2 is 2.33 bits per heavy atom. The highest BCUT2D eigenvalue weighted by Crippen LogP contribution is 2.11. The van der Waals surface area contributed by atoms with Gasteiger partial charge in [-0.25, -0.2) is 4.39 Å². The minimum atomic E-state index is -0.419. The number of hydrogen-bond acceptors (Lipinski definition) is 3. The monoisotopic (exact) mass is 249 g/mol. The molecule has 0 amide bonds. The summed E-state index contributed by atoms with van der Waals surface area (Å²) in [5.74, 6) is 5.22. The van der Waals surface area contributed by atoms with Gasteiger partial charge in [0.15, 0.2) is 5.84 Å². The average molecular weight is 249 g/mol. The van der Waals surface area contributed by atoms with Crippen LogP contribution in [0.15, 0.2) is 23.4 Å². The lowest BCUT2D eigenvalue weighted by molar-refractivity contribution is 0.318. The second-order valence-electron chi connectivity index (χ2n) is 3.64. The second kappa shape index (κ2) is 7.30. The summed E-state index contributed by atoms with van der Waals surface area (Å²) in [6.45, 7) is 3.03. The van der Waals surface area contributed by atoms with Gasteiger partial charge in [0, 0.05) is 25.1 Å². The highest BCUT2D eigenvalue weighted by atomic mass is 19.1. The summed E-state index contributed by atoms with van der Waals surface area (Å²) in [6.07, 6.45) is 0.747. The van der Waals surface area contributed by atoms with Crippen LogP contribution in [0.4, 0.5) is 4.39 Å². The fraction of sp³-hybridized carbons (Fsp3) is 0.308. The number of rotatable bonds is 5. The van der Waals surface area contributed by atoms with Gasteiger partial charge in [0.25, 0.3) is 0 Å². The molecular weight excluding hydrogens is 233 g/mol. The Bertz CT molecular complexity index is 489. The number of hydrogen-bond donors (Lipinski definition) is 3. The number of halogens is 1. The van der Waals surface area contributed by atoms with Crippen LogP contribution in [0.3, 0.4) is 0 Å². The number of benzene rings is 1. The first-order valence-electron chi connectivity index (χ1n) is 5.55. The van der Waals surface area contributed by atoms with Gasteiger partial charge in [0.05, 0.1) is 0 Å². The smallest absolute Gasteiger partial charge is 0.170 e. The predicted octanol–water partition coefficient (Wildman–Crippen LogP) is 1.42. The molecule has 1 aromatic carbocycles. The number of oxime groups is 1. The van der Waals surface area contributed by atoms with E-state index in [-0.39, 0.29) is 5.84 Å². The van der Waals surface area contributed by atoms with Crippen molar-refractivity contribution in [3.63, 3.8) is 0 Å². The lowest BCUT2D eigenvalue weighted by atomic mass is 10.1. The van der Waals surface area contributed by atoms with Crippen LogP contribution in [0, 0.1) is 17.7 Å². The Labute approximate surface area is 106 Å². The molecule has 0 bridgehead atoms. The average Bonchev–Trinajstić information content (AvgIpc) is 2.39. The molecule has 0 unspecified atom stereocenters. The summed E-state index contributed by atoms with van der Waals surface area (Å²) >= 11 is 0. The minimum absolute atomic E-state index is 0.0975. The van der Waals surface area contributed by atoms with E-state index >= 15 is 0 Å². The summed E-state index contributed by atoms with van der Waals surface area (Å²) in [5.41, 5.74) is 6.67. The normalized spacial score (nSPS) is 10.9. The lowest BCUT2D eigenvalue weighted by Gasteiger charge is -2.09. The van der Waals surface area contributed by atoms with Crippen molar-refractivity contribution < 1.29 is 9.60 Å². The third-order valence-electron chi connectivity index (χ3n) is 2.37. The van der Waals surface area contributed by atoms with E-state index in [0.717, 1.165) is 18.5 Å². The summed E-state index contributed by atoms with van der Waals surface area (Å²) in [4.78, 5) is 0. The Balaban J connectivity index is 2.72. The maximum atomic E-state index is 13.1. The van der Waals surface area contributed by atoms with E-state index in [0.29, 0.717) is 12.1 Å². The number of amidine groups is 1. The molecule has 96 valence electrons. The highest BCUT2D eigenvalue weighted by molar-refractivity contribution is 5.98. The molecule has 0 heterocycles. The Morgan fingerprint density at radius 1 is 1.56 bits per heavy atom. The van der Waals surface area contributed by atoms with E-state index in [1.54, 1.807) is 13.0 Å². The summed E-state index contributed by atoms with van der Waals surface area (Å²) in [5, 5.41) is 14.7. The SMILES string of the molecule is CC#CCCNCc1ccc(F)cc1/C(N)=N/O. The van der Waals surface area contributed by atoms with Gasteiger partial charge in [0.2, 0.25) is 0 Å². The fourth-order valence-electron chi connectivity index (χ4n) is 1.49. The van der Waals surface area contributed by atoms with E-state index in [1.165, 1.54) is 12.1 Å². The lowest BCUT2D eigenvalue weighted by Crippen LogP contribution is -2.20. The molecule has 0 aromatic heterocycles. The molecule has 18 heavy (non-hydrogen) atoms. The van der Waals surface area contributed by atoms with Gasteiger partial charge >= 0.3 is 0 Å². The topological polar surface area (TPSA) is 70.6 Å². The molecule has 1 aromatic rings. The Morgan fingerprint density at radius 3 is 3.00 bits per heavy atom. The van der Waals surface area contributed by atoms with Crippen LogP contribution in [0.1, 0.15) is 24.5 Å². The van der Waals surface area contributed by atoms with Gasteiger partial charge in [-0.05, 0) is 24.6 Å². The largest absolute Gasteiger partial charge is 0.409 e. The molecule has 4 nitrogen and oxygen atoms in total. The zero-order valence-electron chi connectivity index (χ0n) is 10.2. The van der Waals surface area contributed by atoms with Crippen LogP contribution in [-0.4, -0.2) is 17.6 Å². The zero-order valence-corrected chi connectivity index (χ0v) is 10.2. The van der Waals surface area contributed by atoms with Gasteiger partial charge in [-0.2, -0.15) is 0 Å². The molecular formula is C13H16FN3O. The maximum Gasteiger partial charge on any atom is 0.170 e. The first-order chi connectivity index (χ1) is 8.69. The first-order valence-corrected chi connectivity index (χ1v) is 5.55. The van der Waals surface area contributed by atoms with E-state index < -0.39 is 5.82 Å². The van der Waals surface area contributed by atoms with Crippen molar-refractivity contribution >= 4 is 5.84 Å². The molecule has 5 heteroatoms. The molecule has 0 aliphatic heterocycles. The van der Waals surface area contributed by atoms with Crippen LogP contribution >= 0.6 is 0 Å². The third-order valence-corrected chi connectivity index (χ3v) is 2.37. The first kappa shape index (κ1) is 14.0. The van der Waals surface area contributed by atoms with Crippen LogP contribution < -0.4 is 11.1 Å². The standard InChI is InChI=1S/C13H16FN3O/c1-2-3-4-7-16-9-10-5-6-11(14)8-12(10)13(15)17-18/h5-6,8,16,18H,4,7,9H2,1H3,(H2,15,17). The van der Waals surface area contributed by atoms with Gasteiger partial charge in [-0.1, -0.05) is 11.2 Å². The van der Waals surface area contributed by atoms with Crippen molar-refractivity contribution in [1.29, 1.82) is 0 Å². The highest BCUT2D eigenvalue weighted by Gasteiger charge is 2.08. The van der Waals surface area contributed by atoms with Crippen LogP contribution in [0.5, 0.6) is 0 Å².